The second kappa shape index (κ2) is 12.9. The summed E-state index contributed by atoms with van der Waals surface area (Å²) in [5.41, 5.74) is 1.41. The number of methoxy groups -OCH3 is 1. The molecule has 2 aromatic heterocycles. The van der Waals surface area contributed by atoms with E-state index < -0.39 is 5.97 Å². The van der Waals surface area contributed by atoms with Crippen LogP contribution in [-0.4, -0.2) is 69.1 Å². The summed E-state index contributed by atoms with van der Waals surface area (Å²) in [6.07, 6.45) is 1.87. The molecule has 0 aliphatic carbocycles. The summed E-state index contributed by atoms with van der Waals surface area (Å²) < 4.78 is 19.7. The number of carbonyl (C=O) groups excluding carboxylic acids is 2. The average Bonchev–Trinajstić information content (AvgIpc) is 3.45. The van der Waals surface area contributed by atoms with Crippen LogP contribution in [0, 0.1) is 0 Å². The lowest BCUT2D eigenvalue weighted by molar-refractivity contribution is -0.113. The fourth-order valence-electron chi connectivity index (χ4n) is 3.24. The van der Waals surface area contributed by atoms with Crippen LogP contribution in [-0.2, 0) is 27.4 Å². The number of ether oxygens (including phenoxy) is 3. The zero-order valence-electron chi connectivity index (χ0n) is 20.3. The van der Waals surface area contributed by atoms with Crippen molar-refractivity contribution in [1.29, 1.82) is 0 Å². The van der Waals surface area contributed by atoms with Gasteiger partial charge in [0.15, 0.2) is 11.0 Å². The van der Waals surface area contributed by atoms with Crippen LogP contribution in [0.4, 0.5) is 5.69 Å². The molecule has 0 saturated carbocycles. The number of esters is 1. The average molecular weight is 503 g/mol. The van der Waals surface area contributed by atoms with Gasteiger partial charge in [0, 0.05) is 19.9 Å². The van der Waals surface area contributed by atoms with E-state index >= 15 is 0 Å². The number of carbonyl (C=O) groups is 2. The van der Waals surface area contributed by atoms with E-state index in [1.165, 1.54) is 11.8 Å². The number of hydrogen-bond donors (Lipinski definition) is 1. The third kappa shape index (κ3) is 6.61. The van der Waals surface area contributed by atoms with Gasteiger partial charge in [-0.05, 0) is 32.9 Å². The van der Waals surface area contributed by atoms with Crippen LogP contribution >= 0.6 is 11.8 Å². The zero-order chi connectivity index (χ0) is 25.2. The maximum absolute atomic E-state index is 12.7. The highest BCUT2D eigenvalue weighted by atomic mass is 32.2. The van der Waals surface area contributed by atoms with Gasteiger partial charge in [-0.15, -0.1) is 15.3 Å². The Bertz CT molecular complexity index is 1150. The first-order valence-corrected chi connectivity index (χ1v) is 12.3. The monoisotopic (exact) mass is 502 g/mol. The Kier molecular flexibility index (Phi) is 9.67. The smallest absolute Gasteiger partial charge is 0.340 e. The summed E-state index contributed by atoms with van der Waals surface area (Å²) in [5, 5.41) is 16.5. The Morgan fingerprint density at radius 2 is 1.91 bits per heavy atom. The highest BCUT2D eigenvalue weighted by molar-refractivity contribution is 7.99. The molecule has 2 heterocycles. The minimum atomic E-state index is -0.488. The number of aryl methyl sites for hydroxylation is 1. The van der Waals surface area contributed by atoms with E-state index in [4.69, 9.17) is 14.2 Å². The van der Waals surface area contributed by atoms with Crippen molar-refractivity contribution in [2.24, 2.45) is 0 Å². The Hall–Kier alpha value is -3.38. The minimum Gasteiger partial charge on any atom is -0.476 e. The lowest BCUT2D eigenvalue weighted by Gasteiger charge is -2.11. The molecule has 0 saturated heterocycles. The number of thioether (sulfide) groups is 1. The van der Waals surface area contributed by atoms with Crippen LogP contribution in [0.3, 0.4) is 0 Å². The molecule has 0 aliphatic heterocycles. The van der Waals surface area contributed by atoms with E-state index in [0.717, 1.165) is 5.56 Å². The lowest BCUT2D eigenvalue weighted by atomic mass is 10.2. The number of anilines is 1. The summed E-state index contributed by atoms with van der Waals surface area (Å²) in [4.78, 5) is 24.9. The van der Waals surface area contributed by atoms with Crippen LogP contribution in [0.2, 0.25) is 0 Å². The van der Waals surface area contributed by atoms with Gasteiger partial charge < -0.3 is 19.5 Å². The van der Waals surface area contributed by atoms with Crippen molar-refractivity contribution in [3.63, 3.8) is 0 Å². The minimum absolute atomic E-state index is 0.0643. The van der Waals surface area contributed by atoms with Gasteiger partial charge in [0.05, 0.1) is 43.4 Å². The van der Waals surface area contributed by atoms with E-state index in [0.29, 0.717) is 54.4 Å². The van der Waals surface area contributed by atoms with Crippen molar-refractivity contribution >= 4 is 29.3 Å². The molecular formula is C23H30N6O5S. The molecule has 12 heteroatoms. The quantitative estimate of drug-likeness (QED) is 0.277. The topological polar surface area (TPSA) is 122 Å². The van der Waals surface area contributed by atoms with Gasteiger partial charge in [-0.25, -0.2) is 4.79 Å². The molecule has 0 fully saturated rings. The number of amides is 1. The maximum atomic E-state index is 12.7. The van der Waals surface area contributed by atoms with Crippen molar-refractivity contribution in [2.75, 3.05) is 38.0 Å². The fraction of sp³-hybridized carbons (Fsp3) is 0.435. The van der Waals surface area contributed by atoms with Crippen molar-refractivity contribution in [3.05, 3.63) is 36.0 Å². The summed E-state index contributed by atoms with van der Waals surface area (Å²) >= 11 is 1.23. The van der Waals surface area contributed by atoms with Gasteiger partial charge in [-0.3, -0.25) is 14.0 Å². The fourth-order valence-corrected chi connectivity index (χ4v) is 4.00. The van der Waals surface area contributed by atoms with Crippen LogP contribution in [0.15, 0.2) is 35.6 Å². The standard InChI is InChI=1S/C23H30N6O5S/c1-5-28-14-17(21(27-28)33-6-2)20-25-26-23(29(20)12-13-32-4)35-15-19(30)24-18-11-9-8-10-16(18)22(31)34-7-3/h8-11,14H,5-7,12-13,15H2,1-4H3,(H,24,30). The van der Waals surface area contributed by atoms with Gasteiger partial charge in [0.1, 0.15) is 5.56 Å². The SMILES string of the molecule is CCOC(=O)c1ccccc1NC(=O)CSc1nnc(-c2cn(CC)nc2OCC)n1CCOC. The highest BCUT2D eigenvalue weighted by Gasteiger charge is 2.22. The van der Waals surface area contributed by atoms with E-state index in [1.54, 1.807) is 43.0 Å². The zero-order valence-corrected chi connectivity index (χ0v) is 21.1. The Labute approximate surface area is 208 Å². The van der Waals surface area contributed by atoms with Crippen LogP contribution < -0.4 is 10.1 Å². The van der Waals surface area contributed by atoms with Crippen LogP contribution in [0.25, 0.3) is 11.4 Å². The molecule has 1 N–H and O–H groups in total. The number of aromatic nitrogens is 5. The largest absolute Gasteiger partial charge is 0.476 e. The molecule has 0 spiro atoms. The molecule has 35 heavy (non-hydrogen) atoms. The first-order chi connectivity index (χ1) is 17.0. The summed E-state index contributed by atoms with van der Waals surface area (Å²) in [6, 6.07) is 6.73. The first kappa shape index (κ1) is 26.2. The molecule has 0 atom stereocenters. The molecular weight excluding hydrogens is 472 g/mol. The Balaban J connectivity index is 1.78. The number of hydrogen-bond acceptors (Lipinski definition) is 9. The third-order valence-corrected chi connectivity index (χ3v) is 5.81. The van der Waals surface area contributed by atoms with Gasteiger partial charge in [-0.2, -0.15) is 0 Å². The molecule has 188 valence electrons. The van der Waals surface area contributed by atoms with E-state index in [9.17, 15) is 9.59 Å². The number of benzene rings is 1. The third-order valence-electron chi connectivity index (χ3n) is 4.84. The van der Waals surface area contributed by atoms with Gasteiger partial charge in [0.25, 0.3) is 0 Å². The molecule has 0 aliphatic rings. The first-order valence-electron chi connectivity index (χ1n) is 11.3. The number of rotatable bonds is 13. The van der Waals surface area contributed by atoms with Crippen LogP contribution in [0.5, 0.6) is 5.88 Å². The van der Waals surface area contributed by atoms with Crippen LogP contribution in [0.1, 0.15) is 31.1 Å². The number of nitrogens with zero attached hydrogens (tertiary/aromatic N) is 5. The van der Waals surface area contributed by atoms with E-state index in [-0.39, 0.29) is 18.3 Å². The second-order valence-corrected chi connectivity index (χ2v) is 8.13. The maximum Gasteiger partial charge on any atom is 0.340 e. The normalized spacial score (nSPS) is 10.9. The van der Waals surface area contributed by atoms with Crippen molar-refractivity contribution in [2.45, 2.75) is 39.0 Å². The van der Waals surface area contributed by atoms with E-state index in [1.807, 2.05) is 24.6 Å². The number of para-hydroxylation sites is 1. The Morgan fingerprint density at radius 1 is 1.11 bits per heavy atom. The highest BCUT2D eigenvalue weighted by Crippen LogP contribution is 2.30. The molecule has 0 bridgehead atoms. The molecule has 3 aromatic rings. The van der Waals surface area contributed by atoms with Gasteiger partial charge in [0.2, 0.25) is 11.8 Å². The second-order valence-electron chi connectivity index (χ2n) is 7.19. The summed E-state index contributed by atoms with van der Waals surface area (Å²) in [5.74, 6) is 0.349. The van der Waals surface area contributed by atoms with Crippen molar-refractivity contribution in [3.8, 4) is 17.3 Å². The van der Waals surface area contributed by atoms with Crippen molar-refractivity contribution in [1.82, 2.24) is 24.5 Å². The van der Waals surface area contributed by atoms with Gasteiger partial charge >= 0.3 is 5.97 Å². The molecule has 11 nitrogen and oxygen atoms in total. The van der Waals surface area contributed by atoms with Crippen molar-refractivity contribution < 1.29 is 23.8 Å². The number of nitrogens with one attached hydrogen (secondary N) is 1. The van der Waals surface area contributed by atoms with E-state index in [2.05, 4.69) is 20.6 Å². The molecule has 3 rings (SSSR count). The van der Waals surface area contributed by atoms with Gasteiger partial charge in [-0.1, -0.05) is 23.9 Å². The lowest BCUT2D eigenvalue weighted by Crippen LogP contribution is -2.18. The Morgan fingerprint density at radius 3 is 2.63 bits per heavy atom. The molecule has 0 unspecified atom stereocenters. The molecule has 1 amide bonds. The predicted octanol–water partition coefficient (Wildman–Crippen LogP) is 3.11. The molecule has 0 radical (unpaired) electrons. The summed E-state index contributed by atoms with van der Waals surface area (Å²) in [7, 11) is 1.62. The summed E-state index contributed by atoms with van der Waals surface area (Å²) in [6.45, 7) is 7.93. The predicted molar refractivity (Wildman–Crippen MR) is 132 cm³/mol. The molecule has 1 aromatic carbocycles.